The van der Waals surface area contributed by atoms with Crippen molar-refractivity contribution >= 4 is 32.5 Å². The summed E-state index contributed by atoms with van der Waals surface area (Å²) in [5.41, 5.74) is 0.529. The summed E-state index contributed by atoms with van der Waals surface area (Å²) in [6.45, 7) is 1.45. The van der Waals surface area contributed by atoms with Crippen LogP contribution in [0.15, 0.2) is 53.5 Å². The number of sulfonamides is 1. The van der Waals surface area contributed by atoms with Crippen molar-refractivity contribution in [2.24, 2.45) is 7.05 Å². The maximum Gasteiger partial charge on any atom is 0.274 e. The normalized spacial score (nSPS) is 11.2. The Morgan fingerprint density at radius 3 is 2.55 bits per heavy atom. The lowest BCUT2D eigenvalue weighted by Gasteiger charge is -2.16. The van der Waals surface area contributed by atoms with Crippen LogP contribution in [0.2, 0.25) is 0 Å². The highest BCUT2D eigenvalue weighted by molar-refractivity contribution is 7.92. The number of fused-ring (bicyclic) bond motifs is 1. The Balaban J connectivity index is 1.94. The van der Waals surface area contributed by atoms with Crippen LogP contribution in [0.3, 0.4) is 0 Å². The number of aryl methyl sites for hydroxylation is 1. The number of nitrogens with one attached hydrogen (secondary N) is 3. The van der Waals surface area contributed by atoms with Gasteiger partial charge in [-0.15, -0.1) is 6.42 Å². The molecule has 2 aromatic heterocycles. The zero-order valence-corrected chi connectivity index (χ0v) is 21.1. The van der Waals surface area contributed by atoms with Gasteiger partial charge in [0.05, 0.1) is 12.3 Å². The number of benzene rings is 2. The lowest BCUT2D eigenvalue weighted by molar-refractivity contribution is 0.0954. The van der Waals surface area contributed by atoms with Gasteiger partial charge >= 0.3 is 0 Å². The Bertz CT molecular complexity index is 1770. The van der Waals surface area contributed by atoms with Crippen molar-refractivity contribution in [3.05, 3.63) is 76.3 Å². The van der Waals surface area contributed by atoms with Gasteiger partial charge in [0, 0.05) is 41.5 Å². The smallest absolute Gasteiger partial charge is 0.274 e. The van der Waals surface area contributed by atoms with E-state index in [2.05, 4.69) is 20.9 Å². The van der Waals surface area contributed by atoms with Crippen LogP contribution in [-0.2, 0) is 17.1 Å². The summed E-state index contributed by atoms with van der Waals surface area (Å²) in [5.74, 6) is -0.374. The third-order valence-corrected chi connectivity index (χ3v) is 6.90. The summed E-state index contributed by atoms with van der Waals surface area (Å²) in [5, 5.41) is 2.83. The van der Waals surface area contributed by atoms with Crippen LogP contribution < -0.4 is 20.3 Å². The molecule has 0 fully saturated rings. The number of hydrogen-bond donors (Lipinski definition) is 3. The van der Waals surface area contributed by atoms with E-state index in [9.17, 15) is 26.8 Å². The molecule has 1 amide bonds. The minimum atomic E-state index is -3.65. The number of terminal acetylenes is 1. The highest BCUT2D eigenvalue weighted by atomic mass is 32.2. The van der Waals surface area contributed by atoms with Gasteiger partial charge in [-0.1, -0.05) is 5.92 Å². The Hall–Kier alpha value is -4.63. The number of nitrogens with zero attached hydrogens (tertiary/aromatic N) is 1. The molecule has 0 aliphatic carbocycles. The molecule has 38 heavy (non-hydrogen) atoms. The van der Waals surface area contributed by atoms with Gasteiger partial charge in [0.25, 0.3) is 11.5 Å². The third kappa shape index (κ3) is 5.37. The lowest BCUT2D eigenvalue weighted by atomic mass is 10.0. The molecular formula is C26H22F2N4O5S. The van der Waals surface area contributed by atoms with Gasteiger partial charge < -0.3 is 19.6 Å². The van der Waals surface area contributed by atoms with Gasteiger partial charge in [-0.3, -0.25) is 14.3 Å². The Morgan fingerprint density at radius 2 is 1.87 bits per heavy atom. The number of aromatic nitrogens is 2. The Kier molecular flexibility index (Phi) is 7.23. The van der Waals surface area contributed by atoms with Gasteiger partial charge in [-0.25, -0.2) is 17.2 Å². The first kappa shape index (κ1) is 26.4. The number of H-pyrrole nitrogens is 1. The van der Waals surface area contributed by atoms with Crippen LogP contribution in [0.25, 0.3) is 22.0 Å². The van der Waals surface area contributed by atoms with Crippen molar-refractivity contribution in [2.75, 3.05) is 17.0 Å². The van der Waals surface area contributed by atoms with Crippen LogP contribution in [0, 0.1) is 24.0 Å². The van der Waals surface area contributed by atoms with Gasteiger partial charge in [-0.05, 0) is 43.3 Å². The molecule has 0 aliphatic rings. The molecule has 4 rings (SSSR count). The fourth-order valence-electron chi connectivity index (χ4n) is 3.72. The molecule has 2 aromatic carbocycles. The zero-order chi connectivity index (χ0) is 27.6. The van der Waals surface area contributed by atoms with E-state index < -0.39 is 33.1 Å². The maximum absolute atomic E-state index is 14.4. The second kappa shape index (κ2) is 10.4. The van der Waals surface area contributed by atoms with Crippen LogP contribution in [0.4, 0.5) is 14.5 Å². The monoisotopic (exact) mass is 540 g/mol. The number of carbonyl (C=O) groups excluding carboxylic acids is 1. The number of halogens is 2. The van der Waals surface area contributed by atoms with E-state index in [0.717, 1.165) is 12.1 Å². The first-order valence-corrected chi connectivity index (χ1v) is 12.9. The first-order valence-electron chi connectivity index (χ1n) is 11.2. The van der Waals surface area contributed by atoms with Crippen molar-refractivity contribution < 1.29 is 26.7 Å². The van der Waals surface area contributed by atoms with Crippen molar-refractivity contribution in [1.29, 1.82) is 0 Å². The molecule has 0 saturated carbocycles. The summed E-state index contributed by atoms with van der Waals surface area (Å²) < 4.78 is 61.7. The number of ether oxygens (including phenoxy) is 1. The number of amides is 1. The molecule has 0 radical (unpaired) electrons. The second-order valence-electron chi connectivity index (χ2n) is 8.21. The Labute approximate surface area is 216 Å². The number of aromatic amines is 1. The molecule has 0 unspecified atom stereocenters. The largest absolute Gasteiger partial charge is 0.454 e. The van der Waals surface area contributed by atoms with Crippen molar-refractivity contribution in [3.63, 3.8) is 0 Å². The minimum absolute atomic E-state index is 0.0279. The fourth-order valence-corrected chi connectivity index (χ4v) is 4.35. The molecule has 196 valence electrons. The third-order valence-electron chi connectivity index (χ3n) is 5.60. The molecule has 0 spiro atoms. The molecule has 0 bridgehead atoms. The predicted molar refractivity (Wildman–Crippen MR) is 140 cm³/mol. The topological polar surface area (TPSA) is 122 Å². The molecule has 4 aromatic rings. The van der Waals surface area contributed by atoms with E-state index in [1.165, 1.54) is 49.0 Å². The quantitative estimate of drug-likeness (QED) is 0.294. The number of carbonyl (C=O) groups is 1. The molecule has 0 saturated heterocycles. The first-order chi connectivity index (χ1) is 18.0. The van der Waals surface area contributed by atoms with Crippen molar-refractivity contribution in [2.45, 2.75) is 6.92 Å². The standard InChI is InChI=1S/C26H22F2N4O5S/c1-4-10-29-25(33)21-13-18-19(14-32(3)26(34)24(18)30-21)17-12-16(31-38(35,36)5-2)7-9-22(17)37-23-8-6-15(27)11-20(23)28/h1,6-9,11-14,30-31H,5,10H2,2-3H3,(H,29,33). The van der Waals surface area contributed by atoms with Crippen LogP contribution >= 0.6 is 0 Å². The van der Waals surface area contributed by atoms with Crippen LogP contribution in [-0.4, -0.2) is 36.2 Å². The van der Waals surface area contributed by atoms with Crippen molar-refractivity contribution in [1.82, 2.24) is 14.9 Å². The number of rotatable bonds is 8. The Morgan fingerprint density at radius 1 is 1.13 bits per heavy atom. The van der Waals surface area contributed by atoms with Crippen LogP contribution in [0.1, 0.15) is 17.4 Å². The average molecular weight is 541 g/mol. The highest BCUT2D eigenvalue weighted by Gasteiger charge is 2.20. The van der Waals surface area contributed by atoms with Crippen LogP contribution in [0.5, 0.6) is 11.5 Å². The van der Waals surface area contributed by atoms with E-state index in [1.807, 2.05) is 0 Å². The van der Waals surface area contributed by atoms with E-state index in [0.29, 0.717) is 17.0 Å². The van der Waals surface area contributed by atoms with Gasteiger partial charge in [0.15, 0.2) is 11.6 Å². The zero-order valence-electron chi connectivity index (χ0n) is 20.3. The summed E-state index contributed by atoms with van der Waals surface area (Å²) in [6.07, 6.45) is 6.68. The number of anilines is 1. The number of pyridine rings is 1. The minimum Gasteiger partial charge on any atom is -0.454 e. The summed E-state index contributed by atoms with van der Waals surface area (Å²) in [6, 6.07) is 8.54. The highest BCUT2D eigenvalue weighted by Crippen LogP contribution is 2.39. The van der Waals surface area contributed by atoms with Gasteiger partial charge in [0.2, 0.25) is 10.0 Å². The predicted octanol–water partition coefficient (Wildman–Crippen LogP) is 3.73. The van der Waals surface area contributed by atoms with Crippen molar-refractivity contribution in [3.8, 4) is 35.0 Å². The molecular weight excluding hydrogens is 518 g/mol. The molecule has 2 heterocycles. The van der Waals surface area contributed by atoms with E-state index in [4.69, 9.17) is 11.2 Å². The van der Waals surface area contributed by atoms with Gasteiger partial charge in [0.1, 0.15) is 22.8 Å². The van der Waals surface area contributed by atoms with E-state index >= 15 is 0 Å². The summed E-state index contributed by atoms with van der Waals surface area (Å²) >= 11 is 0. The molecule has 3 N–H and O–H groups in total. The average Bonchev–Trinajstić information content (AvgIpc) is 3.33. The fraction of sp³-hybridized carbons (Fsp3) is 0.154. The van der Waals surface area contributed by atoms with Gasteiger partial charge in [-0.2, -0.15) is 0 Å². The summed E-state index contributed by atoms with van der Waals surface area (Å²) in [4.78, 5) is 28.2. The number of hydrogen-bond acceptors (Lipinski definition) is 5. The second-order valence-corrected chi connectivity index (χ2v) is 10.2. The molecule has 12 heteroatoms. The molecule has 0 aliphatic heterocycles. The molecule has 9 nitrogen and oxygen atoms in total. The SMILES string of the molecule is C#CCNC(=O)c1cc2c(-c3cc(NS(=O)(=O)CC)ccc3Oc3ccc(F)cc3F)cn(C)c(=O)c2[nH]1. The summed E-state index contributed by atoms with van der Waals surface area (Å²) in [7, 11) is -2.16. The lowest BCUT2D eigenvalue weighted by Crippen LogP contribution is -2.24. The van der Waals surface area contributed by atoms with E-state index in [-0.39, 0.29) is 46.3 Å². The maximum atomic E-state index is 14.4. The molecule has 0 atom stereocenters. The van der Waals surface area contributed by atoms with E-state index in [1.54, 1.807) is 0 Å².